The van der Waals surface area contributed by atoms with Crippen LogP contribution in [0.5, 0.6) is 0 Å². The van der Waals surface area contributed by atoms with Gasteiger partial charge < -0.3 is 51.4 Å². The number of piperidine rings is 1. The molecule has 3 aliphatic heterocycles. The van der Waals surface area contributed by atoms with Crippen molar-refractivity contribution in [2.45, 2.75) is 132 Å². The molecular formula is C48H60N9O12P. The molecule has 2 aromatic heterocycles. The van der Waals surface area contributed by atoms with Gasteiger partial charge in [-0.15, -0.1) is 0 Å². The number of H-pyrrole nitrogens is 1. The normalized spacial score (nSPS) is 25.7. The molecule has 5 fully saturated rings. The monoisotopic (exact) mass is 985 g/mol. The number of imidazole rings is 1. The van der Waals surface area contributed by atoms with Crippen LogP contribution in [0.1, 0.15) is 122 Å². The molecule has 3 saturated heterocycles. The standard InChI is InChI=1S/C48H60N9O12P/c1-54-38-21-28(6-10-35(38)57(47(54)66)36-12-13-40(59)52-43(36)62)20-26-2-4-27(5-3-26)22-41(60)55-19-15-31-8-11-37(44(63)53-48(17-18-48)16-14-39(49)58)56(31)45(64)34(25-55)51-42(61)33-24-30-23-29(7-9-32(30)50-33)46(65)70(67,68)69/h6-7,9-10,21,23-24,26-27,31,34,36-37,40,50,59H,2-5,8,11-20,22,25H2,1H3,(H2,49,58)(H,51,61)(H,52,62)(H,53,63)(H2,67,68,69)/t26-,27+,31-,34+,36?,37+,40?/m1/s1. The summed E-state index contributed by atoms with van der Waals surface area (Å²) in [5.41, 5.74) is 5.74. The van der Waals surface area contributed by atoms with Crippen molar-refractivity contribution in [1.82, 2.24) is 39.9 Å². The summed E-state index contributed by atoms with van der Waals surface area (Å²) in [4.78, 5) is 132. The second-order valence-corrected chi connectivity index (χ2v) is 21.7. The number of carbonyl (C=O) groups excluding carboxylic acids is 7. The van der Waals surface area contributed by atoms with Crippen LogP contribution in [0.3, 0.4) is 0 Å². The van der Waals surface area contributed by atoms with Gasteiger partial charge in [0.2, 0.25) is 29.5 Å². The highest BCUT2D eigenvalue weighted by Crippen LogP contribution is 2.42. The third-order valence-electron chi connectivity index (χ3n) is 15.4. The number of carbonyl (C=O) groups is 7. The maximum Gasteiger partial charge on any atom is 0.396 e. The van der Waals surface area contributed by atoms with Gasteiger partial charge in [-0.3, -0.25) is 47.3 Å². The average molecular weight is 986 g/mol. The molecule has 9 N–H and O–H groups in total. The van der Waals surface area contributed by atoms with Crippen molar-refractivity contribution >= 4 is 70.5 Å². The molecule has 0 radical (unpaired) electrons. The summed E-state index contributed by atoms with van der Waals surface area (Å²) in [5.74, 6) is -2.15. The van der Waals surface area contributed by atoms with Crippen molar-refractivity contribution in [3.63, 3.8) is 0 Å². The van der Waals surface area contributed by atoms with Gasteiger partial charge >= 0.3 is 13.3 Å². The van der Waals surface area contributed by atoms with Gasteiger partial charge in [-0.25, -0.2) is 4.79 Å². The Morgan fingerprint density at radius 2 is 1.63 bits per heavy atom. The molecule has 6 amide bonds. The Labute approximate surface area is 402 Å². The Hall–Kier alpha value is -6.15. The van der Waals surface area contributed by atoms with Crippen LogP contribution in [-0.4, -0.2) is 123 Å². The van der Waals surface area contributed by atoms with Crippen LogP contribution in [0.15, 0.2) is 47.3 Å². The zero-order chi connectivity index (χ0) is 49.8. The van der Waals surface area contributed by atoms with Crippen LogP contribution < -0.4 is 27.4 Å². The third kappa shape index (κ3) is 10.1. The largest absolute Gasteiger partial charge is 0.396 e. The minimum atomic E-state index is -5.08. The minimum Gasteiger partial charge on any atom is -0.374 e. The molecule has 22 heteroatoms. The molecule has 5 heterocycles. The first-order valence-electron chi connectivity index (χ1n) is 24.2. The van der Waals surface area contributed by atoms with E-state index in [0.29, 0.717) is 73.7 Å². The molecule has 9 rings (SSSR count). The summed E-state index contributed by atoms with van der Waals surface area (Å²) in [7, 11) is -3.39. The first-order valence-corrected chi connectivity index (χ1v) is 25.8. The lowest BCUT2D eigenvalue weighted by atomic mass is 9.78. The van der Waals surface area contributed by atoms with Gasteiger partial charge in [0, 0.05) is 61.0 Å². The van der Waals surface area contributed by atoms with E-state index in [1.165, 1.54) is 28.8 Å². The summed E-state index contributed by atoms with van der Waals surface area (Å²) < 4.78 is 14.7. The predicted molar refractivity (Wildman–Crippen MR) is 253 cm³/mol. The van der Waals surface area contributed by atoms with Gasteiger partial charge in [0.25, 0.3) is 11.4 Å². The number of benzene rings is 2. The molecule has 2 unspecified atom stereocenters. The molecule has 0 bridgehead atoms. The Balaban J connectivity index is 0.875. The number of hydrogen-bond donors (Lipinski definition) is 8. The van der Waals surface area contributed by atoms with Crippen molar-refractivity contribution in [1.29, 1.82) is 0 Å². The molecule has 5 aliphatic rings. The fourth-order valence-corrected chi connectivity index (χ4v) is 11.7. The number of fused-ring (bicyclic) bond motifs is 3. The highest BCUT2D eigenvalue weighted by molar-refractivity contribution is 7.70. The lowest BCUT2D eigenvalue weighted by molar-refractivity contribution is -0.145. The molecule has 70 heavy (non-hydrogen) atoms. The molecule has 2 aliphatic carbocycles. The van der Waals surface area contributed by atoms with E-state index in [9.17, 15) is 57.8 Å². The molecule has 21 nitrogen and oxygen atoms in total. The molecule has 374 valence electrons. The van der Waals surface area contributed by atoms with E-state index in [1.54, 1.807) is 21.4 Å². The van der Waals surface area contributed by atoms with E-state index >= 15 is 0 Å². The predicted octanol–water partition coefficient (Wildman–Crippen LogP) is 1.95. The van der Waals surface area contributed by atoms with Crippen molar-refractivity contribution < 1.29 is 53.0 Å². The van der Waals surface area contributed by atoms with Crippen molar-refractivity contribution in [3.8, 4) is 0 Å². The summed E-state index contributed by atoms with van der Waals surface area (Å²) >= 11 is 0. The maximum absolute atomic E-state index is 14.8. The molecule has 4 aromatic rings. The fraction of sp³-hybridized carbons (Fsp3) is 0.542. The summed E-state index contributed by atoms with van der Waals surface area (Å²) in [6, 6.07) is 7.97. The highest BCUT2D eigenvalue weighted by Gasteiger charge is 2.50. The van der Waals surface area contributed by atoms with E-state index in [2.05, 4.69) is 20.9 Å². The quantitative estimate of drug-likeness (QED) is 0.0842. The van der Waals surface area contributed by atoms with E-state index in [4.69, 9.17) is 5.73 Å². The van der Waals surface area contributed by atoms with E-state index in [1.807, 2.05) is 18.2 Å². The van der Waals surface area contributed by atoms with Crippen LogP contribution in [0, 0.1) is 11.8 Å². The Morgan fingerprint density at radius 3 is 2.33 bits per heavy atom. The van der Waals surface area contributed by atoms with Gasteiger partial charge in [0.1, 0.15) is 30.0 Å². The molecule has 2 saturated carbocycles. The zero-order valence-corrected chi connectivity index (χ0v) is 39.8. The molecular weight excluding hydrogens is 926 g/mol. The summed E-state index contributed by atoms with van der Waals surface area (Å²) in [6.45, 7) is 0.134. The number of aromatic amines is 1. The van der Waals surface area contributed by atoms with Gasteiger partial charge in [-0.2, -0.15) is 0 Å². The second-order valence-electron chi connectivity index (χ2n) is 20.2. The summed E-state index contributed by atoms with van der Waals surface area (Å²) in [5, 5.41) is 18.6. The van der Waals surface area contributed by atoms with Gasteiger partial charge in [-0.1, -0.05) is 6.07 Å². The number of nitrogens with zero attached hydrogens (tertiary/aromatic N) is 4. The van der Waals surface area contributed by atoms with E-state index in [0.717, 1.165) is 43.2 Å². The maximum atomic E-state index is 14.8. The molecule has 5 atom stereocenters. The Bertz CT molecular complexity index is 2890. The van der Waals surface area contributed by atoms with Crippen LogP contribution in [0.2, 0.25) is 0 Å². The van der Waals surface area contributed by atoms with Crippen LogP contribution >= 0.6 is 7.60 Å². The third-order valence-corrected chi connectivity index (χ3v) is 16.2. The van der Waals surface area contributed by atoms with E-state index < -0.39 is 66.8 Å². The number of rotatable bonds is 14. The first-order chi connectivity index (χ1) is 33.3. The smallest absolute Gasteiger partial charge is 0.374 e. The number of primary amides is 1. The topological polar surface area (TPSA) is 309 Å². The van der Waals surface area contributed by atoms with Crippen molar-refractivity contribution in [2.75, 3.05) is 13.1 Å². The Morgan fingerprint density at radius 1 is 0.886 bits per heavy atom. The number of aliphatic hydroxyl groups is 1. The number of nitrogens with two attached hydrogens (primary N) is 1. The van der Waals surface area contributed by atoms with Crippen LogP contribution in [-0.2, 0) is 42.0 Å². The van der Waals surface area contributed by atoms with Gasteiger partial charge in [0.05, 0.1) is 11.0 Å². The molecule has 0 spiro atoms. The zero-order valence-electron chi connectivity index (χ0n) is 38.9. The average Bonchev–Trinajstić information content (AvgIpc) is 3.61. The SMILES string of the molecule is Cn1c(=O)n(C2CCC(O)NC2=O)c2ccc(C[C@H]3CC[C@@H](CC(=O)N4CC[C@H]5CC[C@@H](C(=O)NC6(CCC(N)=O)CC6)N5C(=O)[C@@H](NC(=O)c5cc6cc(C(=O)P(=O)(O)O)ccc6[nH]5)C4)CC3)cc21. The highest BCUT2D eigenvalue weighted by atomic mass is 31.2. The number of hydrogen-bond acceptors (Lipinski definition) is 10. The number of aliphatic hydroxyl groups excluding tert-OH is 1. The number of amides is 6. The minimum absolute atomic E-state index is 0.00459. The van der Waals surface area contributed by atoms with Crippen LogP contribution in [0.25, 0.3) is 21.9 Å². The Kier molecular flexibility index (Phi) is 13.4. The number of nitrogens with one attached hydrogen (secondary N) is 4. The van der Waals surface area contributed by atoms with Gasteiger partial charge in [-0.05, 0) is 137 Å². The molecule has 2 aromatic carbocycles. The fourth-order valence-electron chi connectivity index (χ4n) is 11.3. The van der Waals surface area contributed by atoms with Gasteiger partial charge in [0.15, 0.2) is 0 Å². The van der Waals surface area contributed by atoms with Crippen molar-refractivity contribution in [2.24, 2.45) is 24.6 Å². The van der Waals surface area contributed by atoms with Crippen LogP contribution in [0.4, 0.5) is 0 Å². The lowest BCUT2D eigenvalue weighted by Crippen LogP contribution is -2.61. The van der Waals surface area contributed by atoms with E-state index in [-0.39, 0.29) is 66.5 Å². The number of aryl methyl sites for hydroxylation is 1. The number of aromatic nitrogens is 3. The second kappa shape index (κ2) is 19.2. The lowest BCUT2D eigenvalue weighted by Gasteiger charge is -2.39. The first kappa shape index (κ1) is 48.9. The summed E-state index contributed by atoms with van der Waals surface area (Å²) in [6.07, 6.45) is 7.31. The van der Waals surface area contributed by atoms with Crippen molar-refractivity contribution in [3.05, 3.63) is 69.8 Å².